The van der Waals surface area contributed by atoms with Crippen LogP contribution in [-0.4, -0.2) is 28.0 Å². The molecule has 0 atom stereocenters. The molecule has 6 heteroatoms. The number of aryl methyl sites for hydroxylation is 1. The summed E-state index contributed by atoms with van der Waals surface area (Å²) in [7, 11) is 0. The summed E-state index contributed by atoms with van der Waals surface area (Å²) in [5.74, 6) is 0.201. The van der Waals surface area contributed by atoms with E-state index < -0.39 is 0 Å². The minimum Gasteiger partial charge on any atom is -0.349 e. The first-order valence-electron chi connectivity index (χ1n) is 9.90. The predicted molar refractivity (Wildman–Crippen MR) is 104 cm³/mol. The molecule has 2 fully saturated rings. The van der Waals surface area contributed by atoms with Crippen molar-refractivity contribution < 1.29 is 9.59 Å². The van der Waals surface area contributed by atoms with Gasteiger partial charge in [0.2, 0.25) is 0 Å². The summed E-state index contributed by atoms with van der Waals surface area (Å²) in [5.41, 5.74) is 1.02. The topological polar surface area (TPSA) is 64.0 Å². The summed E-state index contributed by atoms with van der Waals surface area (Å²) in [5, 5.41) is 9.07. The van der Waals surface area contributed by atoms with Gasteiger partial charge in [0.25, 0.3) is 5.91 Å². The maximum absolute atomic E-state index is 12.7. The number of nitrogens with zero attached hydrogens (tertiary/aromatic N) is 2. The Morgan fingerprint density at radius 1 is 1.19 bits per heavy atom. The van der Waals surface area contributed by atoms with Crippen LogP contribution in [0.25, 0.3) is 10.2 Å². The first-order valence-corrected chi connectivity index (χ1v) is 10.7. The highest BCUT2D eigenvalue weighted by Gasteiger charge is 2.25. The monoisotopic (exact) mass is 373 g/mol. The van der Waals surface area contributed by atoms with Crippen molar-refractivity contribution in [1.29, 1.82) is 0 Å². The lowest BCUT2D eigenvalue weighted by Crippen LogP contribution is -2.37. The molecule has 0 saturated heterocycles. The molecule has 0 spiro atoms. The smallest absolute Gasteiger partial charge is 0.261 e. The second kappa shape index (κ2) is 7.51. The van der Waals surface area contributed by atoms with Crippen LogP contribution >= 0.6 is 11.3 Å². The standard InChI is InChI=1S/C20H27N3O2S/c1-13-17-11-18(19(25)21-15-9-7-14(12-24)8-10-15)26-20(17)23(22-13)16-5-3-2-4-6-16/h11-12,14-16H,2-10H2,1H3,(H,21,25). The van der Waals surface area contributed by atoms with Gasteiger partial charge in [-0.25, -0.2) is 0 Å². The van der Waals surface area contributed by atoms with E-state index in [0.29, 0.717) is 6.04 Å². The molecule has 140 valence electrons. The zero-order chi connectivity index (χ0) is 18.1. The maximum atomic E-state index is 12.7. The van der Waals surface area contributed by atoms with Gasteiger partial charge < -0.3 is 10.1 Å². The predicted octanol–water partition coefficient (Wildman–Crippen LogP) is 4.40. The Balaban J connectivity index is 1.50. The minimum absolute atomic E-state index is 0.0235. The fraction of sp³-hybridized carbons (Fsp3) is 0.650. The number of aromatic nitrogens is 2. The van der Waals surface area contributed by atoms with Gasteiger partial charge in [-0.05, 0) is 51.5 Å². The molecule has 1 amide bonds. The summed E-state index contributed by atoms with van der Waals surface area (Å²) >= 11 is 1.57. The van der Waals surface area contributed by atoms with Crippen LogP contribution in [0, 0.1) is 12.8 Å². The first-order chi connectivity index (χ1) is 12.7. The molecular formula is C20H27N3O2S. The molecule has 0 aromatic carbocycles. The number of fused-ring (bicyclic) bond motifs is 1. The third-order valence-corrected chi connectivity index (χ3v) is 7.14. The van der Waals surface area contributed by atoms with Gasteiger partial charge in [0.1, 0.15) is 11.1 Å². The van der Waals surface area contributed by atoms with E-state index in [-0.39, 0.29) is 17.9 Å². The molecule has 5 nitrogen and oxygen atoms in total. The molecule has 2 aliphatic carbocycles. The van der Waals surface area contributed by atoms with Crippen molar-refractivity contribution >= 4 is 33.7 Å². The molecule has 2 aromatic heterocycles. The molecule has 0 aliphatic heterocycles. The summed E-state index contributed by atoms with van der Waals surface area (Å²) in [4.78, 5) is 25.5. The zero-order valence-corrected chi connectivity index (χ0v) is 16.2. The fourth-order valence-electron chi connectivity index (χ4n) is 4.41. The lowest BCUT2D eigenvalue weighted by molar-refractivity contribution is -0.111. The quantitative estimate of drug-likeness (QED) is 0.808. The van der Waals surface area contributed by atoms with Crippen molar-refractivity contribution in [3.8, 4) is 0 Å². The van der Waals surface area contributed by atoms with Crippen LogP contribution in [0.15, 0.2) is 6.07 Å². The van der Waals surface area contributed by atoms with Gasteiger partial charge in [0.05, 0.1) is 16.6 Å². The van der Waals surface area contributed by atoms with Crippen molar-refractivity contribution in [3.05, 3.63) is 16.6 Å². The Morgan fingerprint density at radius 3 is 2.62 bits per heavy atom. The number of aldehydes is 1. The van der Waals surface area contributed by atoms with Gasteiger partial charge in [-0.3, -0.25) is 9.48 Å². The van der Waals surface area contributed by atoms with Gasteiger partial charge in [0, 0.05) is 17.3 Å². The van der Waals surface area contributed by atoms with E-state index in [9.17, 15) is 9.59 Å². The lowest BCUT2D eigenvalue weighted by Gasteiger charge is -2.26. The number of amides is 1. The Morgan fingerprint density at radius 2 is 1.92 bits per heavy atom. The Bertz CT molecular complexity index is 795. The summed E-state index contributed by atoms with van der Waals surface area (Å²) in [6.45, 7) is 2.04. The van der Waals surface area contributed by atoms with E-state index in [2.05, 4.69) is 10.00 Å². The van der Waals surface area contributed by atoms with Crippen LogP contribution in [0.3, 0.4) is 0 Å². The molecule has 2 saturated carbocycles. The molecule has 2 heterocycles. The molecule has 0 unspecified atom stereocenters. The lowest BCUT2D eigenvalue weighted by atomic mass is 9.87. The second-order valence-corrected chi connectivity index (χ2v) is 8.90. The second-order valence-electron chi connectivity index (χ2n) is 7.87. The van der Waals surface area contributed by atoms with Gasteiger partial charge in [-0.1, -0.05) is 19.3 Å². The average Bonchev–Trinajstić information content (AvgIpc) is 3.24. The number of rotatable bonds is 4. The van der Waals surface area contributed by atoms with Crippen molar-refractivity contribution in [3.63, 3.8) is 0 Å². The summed E-state index contributed by atoms with van der Waals surface area (Å²) in [6, 6.07) is 2.68. The number of nitrogens with one attached hydrogen (secondary N) is 1. The molecular weight excluding hydrogens is 346 g/mol. The largest absolute Gasteiger partial charge is 0.349 e. The van der Waals surface area contributed by atoms with E-state index in [1.807, 2.05) is 13.0 Å². The fourth-order valence-corrected chi connectivity index (χ4v) is 5.55. The van der Waals surface area contributed by atoms with E-state index in [4.69, 9.17) is 5.10 Å². The highest BCUT2D eigenvalue weighted by molar-refractivity contribution is 7.20. The average molecular weight is 374 g/mol. The highest BCUT2D eigenvalue weighted by Crippen LogP contribution is 2.35. The van der Waals surface area contributed by atoms with E-state index in [0.717, 1.165) is 52.8 Å². The zero-order valence-electron chi connectivity index (χ0n) is 15.4. The van der Waals surface area contributed by atoms with Crippen LogP contribution in [0.5, 0.6) is 0 Å². The van der Waals surface area contributed by atoms with E-state index in [1.54, 1.807) is 11.3 Å². The van der Waals surface area contributed by atoms with Crippen LogP contribution in [-0.2, 0) is 4.79 Å². The minimum atomic E-state index is 0.0235. The third-order valence-electron chi connectivity index (χ3n) is 6.01. The van der Waals surface area contributed by atoms with Crippen molar-refractivity contribution in [1.82, 2.24) is 15.1 Å². The summed E-state index contributed by atoms with van der Waals surface area (Å²) in [6.07, 6.45) is 10.9. The van der Waals surface area contributed by atoms with Crippen LogP contribution in [0.4, 0.5) is 0 Å². The maximum Gasteiger partial charge on any atom is 0.261 e. The van der Waals surface area contributed by atoms with Gasteiger partial charge in [0.15, 0.2) is 0 Å². The van der Waals surface area contributed by atoms with Crippen molar-refractivity contribution in [2.45, 2.75) is 76.8 Å². The highest BCUT2D eigenvalue weighted by atomic mass is 32.1. The molecule has 0 bridgehead atoms. The van der Waals surface area contributed by atoms with Gasteiger partial charge in [-0.15, -0.1) is 11.3 Å². The van der Waals surface area contributed by atoms with E-state index >= 15 is 0 Å². The van der Waals surface area contributed by atoms with Crippen molar-refractivity contribution in [2.24, 2.45) is 5.92 Å². The number of carbonyl (C=O) groups is 2. The number of hydrogen-bond acceptors (Lipinski definition) is 4. The number of thiophene rings is 1. The summed E-state index contributed by atoms with van der Waals surface area (Å²) < 4.78 is 2.18. The molecule has 2 aromatic rings. The van der Waals surface area contributed by atoms with Gasteiger partial charge in [-0.2, -0.15) is 5.10 Å². The molecule has 1 N–H and O–H groups in total. The third kappa shape index (κ3) is 3.43. The van der Waals surface area contributed by atoms with E-state index in [1.165, 1.54) is 32.1 Å². The SMILES string of the molecule is Cc1nn(C2CCCCC2)c2sc(C(=O)NC3CCC(C=O)CC3)cc12. The Labute approximate surface area is 158 Å². The van der Waals surface area contributed by atoms with Crippen LogP contribution in [0.2, 0.25) is 0 Å². The molecule has 0 radical (unpaired) electrons. The van der Waals surface area contributed by atoms with Crippen LogP contribution < -0.4 is 5.32 Å². The van der Waals surface area contributed by atoms with Gasteiger partial charge >= 0.3 is 0 Å². The number of hydrogen-bond donors (Lipinski definition) is 1. The first kappa shape index (κ1) is 17.7. The Hall–Kier alpha value is -1.69. The molecule has 4 rings (SSSR count). The van der Waals surface area contributed by atoms with Crippen LogP contribution in [0.1, 0.15) is 79.2 Å². The Kier molecular flexibility index (Phi) is 5.11. The van der Waals surface area contributed by atoms with Crippen molar-refractivity contribution in [2.75, 3.05) is 0 Å². The molecule has 2 aliphatic rings. The number of carbonyl (C=O) groups excluding carboxylic acids is 2. The molecule has 26 heavy (non-hydrogen) atoms. The normalized spacial score (nSPS) is 24.7.